The van der Waals surface area contributed by atoms with Gasteiger partial charge < -0.3 is 15.2 Å². The molecule has 0 amide bonds. The topological polar surface area (TPSA) is 67.1 Å². The summed E-state index contributed by atoms with van der Waals surface area (Å²) in [6.07, 6.45) is 6.67. The minimum atomic E-state index is 0.429. The van der Waals surface area contributed by atoms with Crippen molar-refractivity contribution >= 4 is 5.96 Å². The van der Waals surface area contributed by atoms with Gasteiger partial charge in [-0.1, -0.05) is 26.2 Å². The van der Waals surface area contributed by atoms with Gasteiger partial charge in [0.2, 0.25) is 0 Å². The monoisotopic (exact) mass is 280 g/mol. The van der Waals surface area contributed by atoms with E-state index in [1.807, 2.05) is 11.6 Å². The molecule has 0 spiro atoms. The van der Waals surface area contributed by atoms with E-state index in [0.717, 1.165) is 18.3 Å². The Kier molecular flexibility index (Phi) is 7.69. The van der Waals surface area contributed by atoms with Gasteiger partial charge in [-0.25, -0.2) is 4.99 Å². The highest BCUT2D eigenvalue weighted by Gasteiger charge is 2.05. The number of rotatable bonds is 8. The van der Waals surface area contributed by atoms with Crippen molar-refractivity contribution in [3.63, 3.8) is 0 Å². The summed E-state index contributed by atoms with van der Waals surface area (Å²) in [4.78, 5) is 4.56. The van der Waals surface area contributed by atoms with Crippen LogP contribution in [0.4, 0.5) is 0 Å². The van der Waals surface area contributed by atoms with Gasteiger partial charge in [-0.3, -0.25) is 0 Å². The number of nitrogens with one attached hydrogen (secondary N) is 2. The Morgan fingerprint density at radius 3 is 2.80 bits per heavy atom. The summed E-state index contributed by atoms with van der Waals surface area (Å²) in [5, 5.41) is 14.6. The molecule has 1 heterocycles. The zero-order chi connectivity index (χ0) is 14.8. The van der Waals surface area contributed by atoms with Crippen molar-refractivity contribution in [2.45, 2.75) is 59.0 Å². The maximum Gasteiger partial charge on any atom is 0.191 e. The van der Waals surface area contributed by atoms with E-state index >= 15 is 0 Å². The van der Waals surface area contributed by atoms with E-state index in [9.17, 15) is 0 Å². The molecule has 1 atom stereocenters. The zero-order valence-corrected chi connectivity index (χ0v) is 13.2. The molecule has 1 aromatic heterocycles. The highest BCUT2D eigenvalue weighted by Crippen LogP contribution is 2.03. The quantitative estimate of drug-likeness (QED) is 0.433. The number of nitrogens with zero attached hydrogens (tertiary/aromatic N) is 4. The zero-order valence-electron chi connectivity index (χ0n) is 13.2. The maximum atomic E-state index is 4.56. The minimum absolute atomic E-state index is 0.429. The predicted octanol–water partition coefficient (Wildman–Crippen LogP) is 1.84. The summed E-state index contributed by atoms with van der Waals surface area (Å²) in [7, 11) is 1.93. The number of hydrogen-bond acceptors (Lipinski definition) is 3. The third-order valence-electron chi connectivity index (χ3n) is 3.15. The van der Waals surface area contributed by atoms with Crippen molar-refractivity contribution in [2.24, 2.45) is 12.0 Å². The number of aromatic nitrogens is 3. The molecule has 1 unspecified atom stereocenters. The number of aliphatic imine (C=N–C) groups is 1. The first-order valence-electron chi connectivity index (χ1n) is 7.55. The van der Waals surface area contributed by atoms with Gasteiger partial charge in [-0.05, 0) is 20.3 Å². The average molecular weight is 280 g/mol. The molecule has 0 radical (unpaired) electrons. The molecule has 6 nitrogen and oxygen atoms in total. The van der Waals surface area contributed by atoms with Gasteiger partial charge in [-0.2, -0.15) is 0 Å². The molecule has 1 rings (SSSR count). The van der Waals surface area contributed by atoms with Crippen LogP contribution >= 0.6 is 0 Å². The van der Waals surface area contributed by atoms with Crippen LogP contribution in [0.3, 0.4) is 0 Å². The summed E-state index contributed by atoms with van der Waals surface area (Å²) >= 11 is 0. The fraction of sp³-hybridized carbons (Fsp3) is 0.786. The van der Waals surface area contributed by atoms with Crippen LogP contribution in [0.2, 0.25) is 0 Å². The number of guanidine groups is 1. The minimum Gasteiger partial charge on any atom is -0.357 e. The second kappa shape index (κ2) is 9.34. The van der Waals surface area contributed by atoms with Gasteiger partial charge in [0, 0.05) is 19.6 Å². The van der Waals surface area contributed by atoms with Crippen molar-refractivity contribution < 1.29 is 0 Å². The lowest BCUT2D eigenvalue weighted by Crippen LogP contribution is -2.42. The first-order valence-corrected chi connectivity index (χ1v) is 7.55. The highest BCUT2D eigenvalue weighted by molar-refractivity contribution is 5.79. The van der Waals surface area contributed by atoms with Crippen LogP contribution in [0.5, 0.6) is 0 Å². The van der Waals surface area contributed by atoms with Gasteiger partial charge in [0.05, 0.1) is 0 Å². The third-order valence-corrected chi connectivity index (χ3v) is 3.15. The Morgan fingerprint density at radius 1 is 1.40 bits per heavy atom. The molecule has 0 aliphatic rings. The lowest BCUT2D eigenvalue weighted by Gasteiger charge is -2.17. The van der Waals surface area contributed by atoms with E-state index in [1.54, 1.807) is 6.33 Å². The van der Waals surface area contributed by atoms with Crippen LogP contribution in [0.25, 0.3) is 0 Å². The summed E-state index contributed by atoms with van der Waals surface area (Å²) in [5.41, 5.74) is 0. The first-order chi connectivity index (χ1) is 9.67. The molecular weight excluding hydrogens is 252 g/mol. The standard InChI is InChI=1S/C14H28N6/c1-5-7-8-9-12(3)18-14(15-6-2)16-10-13-19-17-11-20(13)4/h11-12H,5-10H2,1-4H3,(H2,15,16,18). The largest absolute Gasteiger partial charge is 0.357 e. The lowest BCUT2D eigenvalue weighted by atomic mass is 10.1. The first kappa shape index (κ1) is 16.5. The summed E-state index contributed by atoms with van der Waals surface area (Å²) in [5.74, 6) is 1.71. The highest BCUT2D eigenvalue weighted by atomic mass is 15.3. The van der Waals surface area contributed by atoms with E-state index in [0.29, 0.717) is 12.6 Å². The van der Waals surface area contributed by atoms with Gasteiger partial charge in [-0.15, -0.1) is 10.2 Å². The summed E-state index contributed by atoms with van der Waals surface area (Å²) < 4.78 is 1.89. The number of hydrogen-bond donors (Lipinski definition) is 2. The fourth-order valence-electron chi connectivity index (χ4n) is 1.93. The Labute approximate surface area is 122 Å². The van der Waals surface area contributed by atoms with Crippen molar-refractivity contribution in [1.82, 2.24) is 25.4 Å². The molecular formula is C14H28N6. The number of unbranched alkanes of at least 4 members (excludes halogenated alkanes) is 2. The van der Waals surface area contributed by atoms with Crippen molar-refractivity contribution in [3.05, 3.63) is 12.2 Å². The predicted molar refractivity (Wildman–Crippen MR) is 82.6 cm³/mol. The second-order valence-corrected chi connectivity index (χ2v) is 5.09. The summed E-state index contributed by atoms with van der Waals surface area (Å²) in [6.45, 7) is 7.89. The van der Waals surface area contributed by atoms with Gasteiger partial charge >= 0.3 is 0 Å². The Hall–Kier alpha value is -1.59. The average Bonchev–Trinajstić information content (AvgIpc) is 2.82. The molecule has 0 saturated carbocycles. The van der Waals surface area contributed by atoms with E-state index in [-0.39, 0.29) is 0 Å². The van der Waals surface area contributed by atoms with Crippen LogP contribution < -0.4 is 10.6 Å². The van der Waals surface area contributed by atoms with Crippen molar-refractivity contribution in [3.8, 4) is 0 Å². The second-order valence-electron chi connectivity index (χ2n) is 5.09. The number of aryl methyl sites for hydroxylation is 1. The van der Waals surface area contributed by atoms with Gasteiger partial charge in [0.15, 0.2) is 11.8 Å². The molecule has 0 fully saturated rings. The van der Waals surface area contributed by atoms with E-state index in [4.69, 9.17) is 0 Å². The van der Waals surface area contributed by atoms with Gasteiger partial charge in [0.25, 0.3) is 0 Å². The molecule has 0 saturated heterocycles. The van der Waals surface area contributed by atoms with E-state index in [1.165, 1.54) is 25.7 Å². The molecule has 0 bridgehead atoms. The lowest BCUT2D eigenvalue weighted by molar-refractivity contribution is 0.546. The van der Waals surface area contributed by atoms with Crippen LogP contribution in [-0.4, -0.2) is 33.3 Å². The fourth-order valence-corrected chi connectivity index (χ4v) is 1.93. The molecule has 0 aliphatic carbocycles. The summed E-state index contributed by atoms with van der Waals surface area (Å²) in [6, 6.07) is 0.429. The van der Waals surface area contributed by atoms with Crippen LogP contribution in [0.1, 0.15) is 52.3 Å². The van der Waals surface area contributed by atoms with Crippen LogP contribution in [0.15, 0.2) is 11.3 Å². The molecule has 0 aromatic carbocycles. The van der Waals surface area contributed by atoms with Gasteiger partial charge in [0.1, 0.15) is 12.9 Å². The molecule has 2 N–H and O–H groups in total. The molecule has 20 heavy (non-hydrogen) atoms. The van der Waals surface area contributed by atoms with Crippen LogP contribution in [0, 0.1) is 0 Å². The molecule has 1 aromatic rings. The Bertz CT molecular complexity index is 398. The molecule has 0 aliphatic heterocycles. The maximum absolute atomic E-state index is 4.56. The normalized spacial score (nSPS) is 13.3. The van der Waals surface area contributed by atoms with Crippen molar-refractivity contribution in [1.29, 1.82) is 0 Å². The van der Waals surface area contributed by atoms with E-state index < -0.39 is 0 Å². The van der Waals surface area contributed by atoms with E-state index in [2.05, 4.69) is 46.6 Å². The van der Waals surface area contributed by atoms with Crippen molar-refractivity contribution in [2.75, 3.05) is 6.54 Å². The smallest absolute Gasteiger partial charge is 0.191 e. The Balaban J connectivity index is 2.48. The third kappa shape index (κ3) is 6.04. The van der Waals surface area contributed by atoms with Crippen LogP contribution in [-0.2, 0) is 13.6 Å². The molecule has 6 heteroatoms. The molecule has 114 valence electrons. The Morgan fingerprint density at radius 2 is 2.20 bits per heavy atom. The SMILES string of the molecule is CCCCCC(C)NC(=NCc1nncn1C)NCC.